The summed E-state index contributed by atoms with van der Waals surface area (Å²) in [6, 6.07) is 0.243. The fourth-order valence-electron chi connectivity index (χ4n) is 2.48. The minimum Gasteiger partial charge on any atom is -0.375 e. The van der Waals surface area contributed by atoms with Gasteiger partial charge in [0.05, 0.1) is 5.69 Å². The Morgan fingerprint density at radius 3 is 2.71 bits per heavy atom. The molecule has 0 saturated heterocycles. The van der Waals surface area contributed by atoms with Crippen molar-refractivity contribution in [3.63, 3.8) is 0 Å². The summed E-state index contributed by atoms with van der Waals surface area (Å²) in [4.78, 5) is 16.8. The van der Waals surface area contributed by atoms with Crippen LogP contribution in [0.1, 0.15) is 48.0 Å². The molecule has 0 radical (unpaired) electrons. The maximum atomic E-state index is 12.0. The molecule has 1 aliphatic rings. The van der Waals surface area contributed by atoms with Gasteiger partial charge < -0.3 is 11.1 Å². The number of nitrogens with two attached hydrogens (primary N) is 1. The van der Waals surface area contributed by atoms with Crippen LogP contribution in [0.5, 0.6) is 0 Å². The lowest BCUT2D eigenvalue weighted by Crippen LogP contribution is -2.37. The van der Waals surface area contributed by atoms with E-state index in [4.69, 9.17) is 5.73 Å². The van der Waals surface area contributed by atoms with Gasteiger partial charge in [0.2, 0.25) is 0 Å². The van der Waals surface area contributed by atoms with Gasteiger partial charge in [0, 0.05) is 6.04 Å². The van der Waals surface area contributed by atoms with E-state index in [1.165, 1.54) is 37.0 Å². The Morgan fingerprint density at radius 2 is 2.18 bits per heavy atom. The molecule has 17 heavy (non-hydrogen) atoms. The van der Waals surface area contributed by atoms with Crippen LogP contribution in [0.4, 0.5) is 5.13 Å². The van der Waals surface area contributed by atoms with Gasteiger partial charge in [-0.1, -0.05) is 24.2 Å². The van der Waals surface area contributed by atoms with Crippen molar-refractivity contribution in [3.8, 4) is 0 Å². The second kappa shape index (κ2) is 5.04. The van der Waals surface area contributed by atoms with Crippen molar-refractivity contribution in [2.24, 2.45) is 5.92 Å². The molecule has 0 aromatic carbocycles. The first-order chi connectivity index (χ1) is 8.08. The predicted molar refractivity (Wildman–Crippen MR) is 70.1 cm³/mol. The number of nitrogens with zero attached hydrogens (tertiary/aromatic N) is 1. The van der Waals surface area contributed by atoms with Crippen LogP contribution in [0.15, 0.2) is 0 Å². The van der Waals surface area contributed by atoms with Gasteiger partial charge in [-0.25, -0.2) is 4.98 Å². The number of hydrogen-bond acceptors (Lipinski definition) is 4. The molecular weight excluding hydrogens is 234 g/mol. The van der Waals surface area contributed by atoms with Crippen LogP contribution in [0.25, 0.3) is 0 Å². The van der Waals surface area contributed by atoms with E-state index in [-0.39, 0.29) is 11.9 Å². The van der Waals surface area contributed by atoms with Crippen LogP contribution in [-0.2, 0) is 0 Å². The third kappa shape index (κ3) is 2.77. The first-order valence-corrected chi connectivity index (χ1v) is 6.93. The van der Waals surface area contributed by atoms with E-state index < -0.39 is 0 Å². The van der Waals surface area contributed by atoms with Crippen LogP contribution in [0, 0.1) is 12.8 Å². The van der Waals surface area contributed by atoms with Crippen LogP contribution in [0.3, 0.4) is 0 Å². The number of rotatable bonds is 3. The molecule has 1 aliphatic carbocycles. The van der Waals surface area contributed by atoms with Crippen molar-refractivity contribution in [1.82, 2.24) is 10.3 Å². The molecule has 0 bridgehead atoms. The summed E-state index contributed by atoms with van der Waals surface area (Å²) in [6.07, 6.45) is 5.03. The summed E-state index contributed by atoms with van der Waals surface area (Å²) in [5.41, 5.74) is 6.32. The standard InChI is InChI=1S/C12H19N3OS/c1-7(9-5-3-4-6-9)14-11(16)10-8(2)15-12(13)17-10/h7,9H,3-6H2,1-2H3,(H2,13,15)(H,14,16)/t7-/m0/s1. The number of carbonyl (C=O) groups excluding carboxylic acids is 1. The van der Waals surface area contributed by atoms with Gasteiger partial charge in [0.25, 0.3) is 5.91 Å². The van der Waals surface area contributed by atoms with Gasteiger partial charge in [-0.3, -0.25) is 4.79 Å². The van der Waals surface area contributed by atoms with Gasteiger partial charge in [0.15, 0.2) is 5.13 Å². The average molecular weight is 253 g/mol. The van der Waals surface area contributed by atoms with E-state index in [0.29, 0.717) is 15.9 Å². The molecule has 1 atom stereocenters. The van der Waals surface area contributed by atoms with Gasteiger partial charge in [-0.2, -0.15) is 0 Å². The SMILES string of the molecule is Cc1nc(N)sc1C(=O)N[C@@H](C)C1CCCC1. The van der Waals surface area contributed by atoms with Crippen molar-refractivity contribution >= 4 is 22.4 Å². The summed E-state index contributed by atoms with van der Waals surface area (Å²) < 4.78 is 0. The second-order valence-corrected chi connectivity index (χ2v) is 5.80. The minimum absolute atomic E-state index is 0.0314. The second-order valence-electron chi connectivity index (χ2n) is 4.77. The van der Waals surface area contributed by atoms with E-state index in [1.54, 1.807) is 0 Å². The van der Waals surface area contributed by atoms with E-state index >= 15 is 0 Å². The Balaban J connectivity index is 1.98. The Morgan fingerprint density at radius 1 is 1.53 bits per heavy atom. The van der Waals surface area contributed by atoms with Gasteiger partial charge in [-0.05, 0) is 32.6 Å². The maximum absolute atomic E-state index is 12.0. The van der Waals surface area contributed by atoms with Crippen LogP contribution in [0.2, 0.25) is 0 Å². The number of aromatic nitrogens is 1. The lowest BCUT2D eigenvalue weighted by Gasteiger charge is -2.19. The Hall–Kier alpha value is -1.10. The molecule has 0 unspecified atom stereocenters. The maximum Gasteiger partial charge on any atom is 0.263 e. The number of anilines is 1. The molecule has 3 N–H and O–H groups in total. The minimum atomic E-state index is -0.0314. The number of nitrogens with one attached hydrogen (secondary N) is 1. The zero-order valence-corrected chi connectivity index (χ0v) is 11.1. The largest absolute Gasteiger partial charge is 0.375 e. The zero-order chi connectivity index (χ0) is 12.4. The average Bonchev–Trinajstić information content (AvgIpc) is 2.87. The smallest absolute Gasteiger partial charge is 0.263 e. The summed E-state index contributed by atoms with van der Waals surface area (Å²) in [5, 5.41) is 3.53. The molecule has 0 spiro atoms. The van der Waals surface area contributed by atoms with Crippen molar-refractivity contribution in [2.45, 2.75) is 45.6 Å². The number of nitrogen functional groups attached to an aromatic ring is 1. The lowest BCUT2D eigenvalue weighted by atomic mass is 10.00. The highest BCUT2D eigenvalue weighted by atomic mass is 32.1. The third-order valence-electron chi connectivity index (χ3n) is 3.49. The van der Waals surface area contributed by atoms with Crippen molar-refractivity contribution in [2.75, 3.05) is 5.73 Å². The Bertz CT molecular complexity index is 410. The highest BCUT2D eigenvalue weighted by molar-refractivity contribution is 7.17. The van der Waals surface area contributed by atoms with E-state index in [1.807, 2.05) is 6.92 Å². The predicted octanol–water partition coefficient (Wildman–Crippen LogP) is 2.34. The summed E-state index contributed by atoms with van der Waals surface area (Å²) >= 11 is 1.26. The van der Waals surface area contributed by atoms with Crippen LogP contribution < -0.4 is 11.1 Å². The van der Waals surface area contributed by atoms with E-state index in [0.717, 1.165) is 5.69 Å². The zero-order valence-electron chi connectivity index (χ0n) is 10.3. The van der Waals surface area contributed by atoms with Crippen LogP contribution >= 0.6 is 11.3 Å². The molecule has 1 aromatic rings. The van der Waals surface area contributed by atoms with Gasteiger partial charge in [0.1, 0.15) is 4.88 Å². The molecule has 5 heteroatoms. The summed E-state index contributed by atoms with van der Waals surface area (Å²) in [7, 11) is 0. The summed E-state index contributed by atoms with van der Waals surface area (Å²) in [5.74, 6) is 0.598. The topological polar surface area (TPSA) is 68.0 Å². The van der Waals surface area contributed by atoms with Gasteiger partial charge >= 0.3 is 0 Å². The molecule has 1 amide bonds. The molecule has 1 fully saturated rings. The first kappa shape index (κ1) is 12.4. The van der Waals surface area contributed by atoms with Crippen LogP contribution in [-0.4, -0.2) is 16.9 Å². The third-order valence-corrected chi connectivity index (χ3v) is 4.47. The molecule has 1 heterocycles. The number of thiazole rings is 1. The molecule has 94 valence electrons. The fraction of sp³-hybridized carbons (Fsp3) is 0.667. The van der Waals surface area contributed by atoms with E-state index in [9.17, 15) is 4.79 Å². The Labute approximate surface area is 106 Å². The highest BCUT2D eigenvalue weighted by Crippen LogP contribution is 2.28. The van der Waals surface area contributed by atoms with Crippen molar-refractivity contribution in [1.29, 1.82) is 0 Å². The number of aryl methyl sites for hydroxylation is 1. The van der Waals surface area contributed by atoms with Gasteiger partial charge in [-0.15, -0.1) is 0 Å². The van der Waals surface area contributed by atoms with Crippen molar-refractivity contribution in [3.05, 3.63) is 10.6 Å². The molecule has 2 rings (SSSR count). The van der Waals surface area contributed by atoms with E-state index in [2.05, 4.69) is 17.2 Å². The number of hydrogen-bond donors (Lipinski definition) is 2. The quantitative estimate of drug-likeness (QED) is 0.868. The number of carbonyl (C=O) groups is 1. The normalized spacial score (nSPS) is 18.2. The molecule has 0 aliphatic heterocycles. The lowest BCUT2D eigenvalue weighted by molar-refractivity contribution is 0.0930. The molecular formula is C12H19N3OS. The van der Waals surface area contributed by atoms with Crippen molar-refractivity contribution < 1.29 is 4.79 Å². The first-order valence-electron chi connectivity index (χ1n) is 6.11. The summed E-state index contributed by atoms with van der Waals surface area (Å²) in [6.45, 7) is 3.91. The monoisotopic (exact) mass is 253 g/mol. The molecule has 1 aromatic heterocycles. The molecule has 1 saturated carbocycles. The number of amides is 1. The fourth-order valence-corrected chi connectivity index (χ4v) is 3.21. The molecule has 4 nitrogen and oxygen atoms in total. The highest BCUT2D eigenvalue weighted by Gasteiger charge is 2.24. The Kier molecular flexibility index (Phi) is 3.66.